The fraction of sp³-hybridized carbons (Fsp3) is 0.435. The molecule has 1 aliphatic rings. The van der Waals surface area contributed by atoms with E-state index in [-0.39, 0.29) is 5.91 Å². The molecule has 1 amide bonds. The molecule has 0 aliphatic carbocycles. The van der Waals surface area contributed by atoms with Gasteiger partial charge in [0, 0.05) is 53.9 Å². The predicted octanol–water partition coefficient (Wildman–Crippen LogP) is 4.99. The highest BCUT2D eigenvalue weighted by atomic mass is 35.5. The summed E-state index contributed by atoms with van der Waals surface area (Å²) in [6.07, 6.45) is 3.83. The van der Waals surface area contributed by atoms with Crippen LogP contribution in [0.4, 0.5) is 0 Å². The lowest BCUT2D eigenvalue weighted by atomic mass is 10.0. The number of piperidine rings is 1. The molecule has 0 unspecified atom stereocenters. The number of benzene rings is 1. The number of halogens is 1. The Morgan fingerprint density at radius 2 is 1.77 bits per heavy atom. The van der Waals surface area contributed by atoms with Gasteiger partial charge in [0.2, 0.25) is 17.6 Å². The number of likely N-dealkylation sites (tertiary alicyclic amines) is 1. The van der Waals surface area contributed by atoms with Gasteiger partial charge in [-0.25, -0.2) is 0 Å². The van der Waals surface area contributed by atoms with Crippen molar-refractivity contribution in [2.75, 3.05) is 13.1 Å². The van der Waals surface area contributed by atoms with Gasteiger partial charge in [0.15, 0.2) is 0 Å². The Morgan fingerprint density at radius 3 is 2.43 bits per heavy atom. The lowest BCUT2D eigenvalue weighted by Crippen LogP contribution is -2.39. The molecule has 158 valence electrons. The number of nitrogens with zero attached hydrogens (tertiary/aromatic N) is 4. The number of carbonyl (C=O) groups is 1. The highest BCUT2D eigenvalue weighted by Crippen LogP contribution is 2.27. The number of rotatable bonds is 6. The molecule has 1 fully saturated rings. The van der Waals surface area contributed by atoms with E-state index >= 15 is 0 Å². The van der Waals surface area contributed by atoms with Crippen LogP contribution >= 0.6 is 11.6 Å². The van der Waals surface area contributed by atoms with Crippen LogP contribution in [0.2, 0.25) is 5.02 Å². The van der Waals surface area contributed by atoms with Gasteiger partial charge in [-0.15, -0.1) is 0 Å². The Bertz CT molecular complexity index is 981. The van der Waals surface area contributed by atoms with Gasteiger partial charge in [-0.05, 0) is 69.5 Å². The van der Waals surface area contributed by atoms with Crippen molar-refractivity contribution in [3.8, 4) is 11.4 Å². The third-order valence-corrected chi connectivity index (χ3v) is 6.11. The quantitative estimate of drug-likeness (QED) is 0.556. The number of aryl methyl sites for hydroxylation is 3. The topological polar surface area (TPSA) is 64.2 Å². The molecular weight excluding hydrogens is 400 g/mol. The van der Waals surface area contributed by atoms with Crippen molar-refractivity contribution in [2.24, 2.45) is 0 Å². The lowest BCUT2D eigenvalue weighted by molar-refractivity contribution is -0.132. The van der Waals surface area contributed by atoms with Crippen LogP contribution in [-0.2, 0) is 11.2 Å². The molecule has 0 spiro atoms. The fourth-order valence-corrected chi connectivity index (χ4v) is 4.38. The van der Waals surface area contributed by atoms with E-state index in [4.69, 9.17) is 16.1 Å². The van der Waals surface area contributed by atoms with Gasteiger partial charge in [-0.1, -0.05) is 16.8 Å². The van der Waals surface area contributed by atoms with Crippen LogP contribution in [0.25, 0.3) is 11.4 Å². The molecular formula is C23H27ClN4O2. The molecule has 0 atom stereocenters. The lowest BCUT2D eigenvalue weighted by Gasteiger charge is -2.34. The fourth-order valence-electron chi connectivity index (χ4n) is 4.25. The Morgan fingerprint density at radius 1 is 1.10 bits per heavy atom. The Kier molecular flexibility index (Phi) is 6.23. The second-order valence-electron chi connectivity index (χ2n) is 7.97. The van der Waals surface area contributed by atoms with Crippen molar-refractivity contribution < 1.29 is 9.32 Å². The first kappa shape index (κ1) is 20.7. The molecule has 4 rings (SSSR count). The average Bonchev–Trinajstić information content (AvgIpc) is 3.35. The van der Waals surface area contributed by atoms with Crippen LogP contribution in [0, 0.1) is 13.8 Å². The molecule has 3 aromatic rings. The van der Waals surface area contributed by atoms with Crippen LogP contribution in [0.15, 0.2) is 40.9 Å². The first-order valence-corrected chi connectivity index (χ1v) is 10.9. The normalized spacial score (nSPS) is 15.0. The third kappa shape index (κ3) is 4.59. The minimum absolute atomic E-state index is 0.215. The summed E-state index contributed by atoms with van der Waals surface area (Å²) in [4.78, 5) is 19.0. The van der Waals surface area contributed by atoms with Crippen molar-refractivity contribution in [3.05, 3.63) is 58.7 Å². The molecule has 0 radical (unpaired) electrons. The Hall–Kier alpha value is -2.60. The Balaban J connectivity index is 1.23. The van der Waals surface area contributed by atoms with E-state index in [1.807, 2.05) is 17.0 Å². The summed E-state index contributed by atoms with van der Waals surface area (Å²) in [7, 11) is 0. The van der Waals surface area contributed by atoms with Gasteiger partial charge < -0.3 is 14.0 Å². The summed E-state index contributed by atoms with van der Waals surface area (Å²) < 4.78 is 7.74. The monoisotopic (exact) mass is 426 g/mol. The number of aromatic nitrogens is 3. The molecule has 2 aromatic heterocycles. The molecule has 1 saturated heterocycles. The molecule has 3 heterocycles. The maximum absolute atomic E-state index is 12.6. The predicted molar refractivity (Wildman–Crippen MR) is 116 cm³/mol. The highest BCUT2D eigenvalue weighted by Gasteiger charge is 2.24. The zero-order valence-electron chi connectivity index (χ0n) is 17.5. The largest absolute Gasteiger partial charge is 0.346 e. The molecule has 7 heteroatoms. The van der Waals surface area contributed by atoms with E-state index in [0.717, 1.165) is 31.5 Å². The van der Waals surface area contributed by atoms with E-state index in [1.165, 1.54) is 11.4 Å². The number of hydrogen-bond acceptors (Lipinski definition) is 4. The van der Waals surface area contributed by atoms with Gasteiger partial charge in [-0.2, -0.15) is 4.98 Å². The molecule has 0 N–H and O–H groups in total. The maximum Gasteiger partial charge on any atom is 0.226 e. The number of carbonyl (C=O) groups excluding carboxylic acids is 1. The first-order valence-electron chi connectivity index (χ1n) is 10.5. The van der Waals surface area contributed by atoms with E-state index in [0.29, 0.717) is 42.0 Å². The molecule has 1 aliphatic heterocycles. The van der Waals surface area contributed by atoms with E-state index in [1.54, 1.807) is 12.1 Å². The summed E-state index contributed by atoms with van der Waals surface area (Å²) in [5.74, 6) is 1.32. The standard InChI is InChI=1S/C23H27ClN4O2/c1-16-6-7-17(2)28(16)20-12-14-27(15-13-20)22(29)5-3-4-21-25-23(26-30-21)18-8-10-19(24)11-9-18/h6-11,20H,3-5,12-15H2,1-2H3. The summed E-state index contributed by atoms with van der Waals surface area (Å²) in [6.45, 7) is 5.95. The average molecular weight is 427 g/mol. The van der Waals surface area contributed by atoms with Crippen molar-refractivity contribution in [2.45, 2.75) is 52.0 Å². The minimum atomic E-state index is 0.215. The van der Waals surface area contributed by atoms with Crippen LogP contribution in [0.3, 0.4) is 0 Å². The minimum Gasteiger partial charge on any atom is -0.346 e. The zero-order valence-corrected chi connectivity index (χ0v) is 18.2. The highest BCUT2D eigenvalue weighted by molar-refractivity contribution is 6.30. The third-order valence-electron chi connectivity index (χ3n) is 5.86. The van der Waals surface area contributed by atoms with Crippen LogP contribution in [0.5, 0.6) is 0 Å². The summed E-state index contributed by atoms with van der Waals surface area (Å²) in [6, 6.07) is 12.2. The first-order chi connectivity index (χ1) is 14.5. The zero-order chi connectivity index (χ0) is 21.1. The Labute approximate surface area is 181 Å². The second-order valence-corrected chi connectivity index (χ2v) is 8.41. The molecule has 0 saturated carbocycles. The van der Waals surface area contributed by atoms with Gasteiger partial charge in [0.25, 0.3) is 0 Å². The van der Waals surface area contributed by atoms with Crippen LogP contribution in [0.1, 0.15) is 49.0 Å². The van der Waals surface area contributed by atoms with Crippen LogP contribution < -0.4 is 0 Å². The van der Waals surface area contributed by atoms with Crippen molar-refractivity contribution in [1.29, 1.82) is 0 Å². The maximum atomic E-state index is 12.6. The number of amides is 1. The van der Waals surface area contributed by atoms with Gasteiger partial charge in [0.1, 0.15) is 0 Å². The molecule has 6 nitrogen and oxygen atoms in total. The van der Waals surface area contributed by atoms with Gasteiger partial charge >= 0.3 is 0 Å². The SMILES string of the molecule is Cc1ccc(C)n1C1CCN(C(=O)CCCc2nc(-c3ccc(Cl)cc3)no2)CC1. The van der Waals surface area contributed by atoms with Crippen LogP contribution in [-0.4, -0.2) is 38.6 Å². The number of hydrogen-bond donors (Lipinski definition) is 0. The molecule has 1 aromatic carbocycles. The smallest absolute Gasteiger partial charge is 0.226 e. The van der Waals surface area contributed by atoms with E-state index in [9.17, 15) is 4.79 Å². The summed E-state index contributed by atoms with van der Waals surface area (Å²) in [5.41, 5.74) is 3.46. The molecule has 30 heavy (non-hydrogen) atoms. The van der Waals surface area contributed by atoms with Crippen molar-refractivity contribution >= 4 is 17.5 Å². The second kappa shape index (κ2) is 9.04. The van der Waals surface area contributed by atoms with E-state index < -0.39 is 0 Å². The molecule has 0 bridgehead atoms. The van der Waals surface area contributed by atoms with Gasteiger partial charge in [0.05, 0.1) is 0 Å². The van der Waals surface area contributed by atoms with Crippen molar-refractivity contribution in [3.63, 3.8) is 0 Å². The summed E-state index contributed by atoms with van der Waals surface area (Å²) in [5, 5.41) is 4.69. The van der Waals surface area contributed by atoms with Crippen molar-refractivity contribution in [1.82, 2.24) is 19.6 Å². The summed E-state index contributed by atoms with van der Waals surface area (Å²) >= 11 is 5.91. The van der Waals surface area contributed by atoms with E-state index in [2.05, 4.69) is 40.7 Å². The van der Waals surface area contributed by atoms with Gasteiger partial charge in [-0.3, -0.25) is 4.79 Å².